The van der Waals surface area contributed by atoms with Gasteiger partial charge in [-0.15, -0.1) is 0 Å². The zero-order chi connectivity index (χ0) is 17.9. The average molecular weight is 354 g/mol. The van der Waals surface area contributed by atoms with Crippen molar-refractivity contribution < 1.29 is 4.39 Å². The molecule has 1 atom stereocenters. The van der Waals surface area contributed by atoms with Gasteiger partial charge in [0.1, 0.15) is 11.6 Å². The monoisotopic (exact) mass is 354 g/mol. The van der Waals surface area contributed by atoms with E-state index in [1.54, 1.807) is 12.1 Å². The molecular weight excluding hydrogens is 327 g/mol. The summed E-state index contributed by atoms with van der Waals surface area (Å²) in [4.78, 5) is 11.6. The van der Waals surface area contributed by atoms with E-state index in [9.17, 15) is 4.39 Å². The summed E-state index contributed by atoms with van der Waals surface area (Å²) in [5, 5.41) is 0. The maximum Gasteiger partial charge on any atom is 0.130 e. The number of likely N-dealkylation sites (N-methyl/N-ethyl adjacent to an activating group) is 1. The van der Waals surface area contributed by atoms with Gasteiger partial charge in [0, 0.05) is 62.9 Å². The van der Waals surface area contributed by atoms with Gasteiger partial charge < -0.3 is 14.7 Å². The number of halogens is 1. The molecule has 0 radical (unpaired) electrons. The fourth-order valence-electron chi connectivity index (χ4n) is 4.10. The van der Waals surface area contributed by atoms with Crippen molar-refractivity contribution in [3.05, 3.63) is 48.4 Å². The standard InChI is InChI=1S/C21H27FN4/c1-24(18-7-5-6-17(22)14-18)20-9-13-26(16-20)21-15-19(8-10-23-21)25-11-3-2-4-12-25/h5-8,10,14-15,20H,2-4,9,11-13,16H2,1H3/t20-/m1/s1. The van der Waals surface area contributed by atoms with Crippen molar-refractivity contribution in [2.24, 2.45) is 0 Å². The zero-order valence-electron chi connectivity index (χ0n) is 15.4. The molecule has 1 aromatic carbocycles. The van der Waals surface area contributed by atoms with Crippen LogP contribution >= 0.6 is 0 Å². The summed E-state index contributed by atoms with van der Waals surface area (Å²) < 4.78 is 13.5. The van der Waals surface area contributed by atoms with Crippen LogP contribution in [-0.2, 0) is 0 Å². The fourth-order valence-corrected chi connectivity index (χ4v) is 4.10. The molecular formula is C21H27FN4. The second kappa shape index (κ2) is 7.52. The number of pyridine rings is 1. The average Bonchev–Trinajstić information content (AvgIpc) is 3.18. The predicted molar refractivity (Wildman–Crippen MR) is 106 cm³/mol. The SMILES string of the molecule is CN(c1cccc(F)c1)[C@@H]1CCN(c2cc(N3CCCCC3)ccn2)C1. The lowest BCUT2D eigenvalue weighted by molar-refractivity contribution is 0.577. The first-order valence-electron chi connectivity index (χ1n) is 9.65. The first kappa shape index (κ1) is 17.1. The summed E-state index contributed by atoms with van der Waals surface area (Å²) in [7, 11) is 2.06. The first-order valence-corrected chi connectivity index (χ1v) is 9.65. The lowest BCUT2D eigenvalue weighted by atomic mass is 10.1. The molecule has 0 saturated carbocycles. The molecule has 26 heavy (non-hydrogen) atoms. The molecule has 2 aliphatic heterocycles. The van der Waals surface area contributed by atoms with Crippen LogP contribution in [0.1, 0.15) is 25.7 Å². The van der Waals surface area contributed by atoms with Gasteiger partial charge in [-0.05, 0) is 49.9 Å². The van der Waals surface area contributed by atoms with Crippen LogP contribution in [0.2, 0.25) is 0 Å². The van der Waals surface area contributed by atoms with Crippen LogP contribution < -0.4 is 14.7 Å². The molecule has 2 fully saturated rings. The maximum absolute atomic E-state index is 13.5. The molecule has 0 bridgehead atoms. The van der Waals surface area contributed by atoms with Crippen LogP contribution in [0.5, 0.6) is 0 Å². The Bertz CT molecular complexity index is 744. The zero-order valence-corrected chi connectivity index (χ0v) is 15.4. The Hall–Kier alpha value is -2.30. The molecule has 0 unspecified atom stereocenters. The lowest BCUT2D eigenvalue weighted by Crippen LogP contribution is -2.35. The molecule has 0 amide bonds. The topological polar surface area (TPSA) is 22.6 Å². The summed E-state index contributed by atoms with van der Waals surface area (Å²) in [6.45, 7) is 4.20. The minimum absolute atomic E-state index is 0.180. The van der Waals surface area contributed by atoms with Gasteiger partial charge in [0.05, 0.1) is 0 Å². The minimum atomic E-state index is -0.180. The van der Waals surface area contributed by atoms with Gasteiger partial charge in [0.15, 0.2) is 0 Å². The number of nitrogens with zero attached hydrogens (tertiary/aromatic N) is 4. The van der Waals surface area contributed by atoms with E-state index in [4.69, 9.17) is 0 Å². The van der Waals surface area contributed by atoms with E-state index in [1.165, 1.54) is 31.0 Å². The molecule has 138 valence electrons. The second-order valence-electron chi connectivity index (χ2n) is 7.40. The number of benzene rings is 1. The number of hydrogen-bond acceptors (Lipinski definition) is 4. The van der Waals surface area contributed by atoms with Crippen LogP contribution in [0.4, 0.5) is 21.6 Å². The summed E-state index contributed by atoms with van der Waals surface area (Å²) in [5.41, 5.74) is 2.23. The predicted octanol–water partition coefficient (Wildman–Crippen LogP) is 3.93. The summed E-state index contributed by atoms with van der Waals surface area (Å²) in [5.74, 6) is 0.878. The third-order valence-corrected chi connectivity index (χ3v) is 5.70. The molecule has 0 spiro atoms. The highest BCUT2D eigenvalue weighted by Crippen LogP contribution is 2.28. The molecule has 3 heterocycles. The molecule has 2 aliphatic rings. The van der Waals surface area contributed by atoms with Gasteiger partial charge in [-0.2, -0.15) is 0 Å². The Morgan fingerprint density at radius 3 is 2.69 bits per heavy atom. The molecule has 2 aromatic rings. The summed E-state index contributed by atoms with van der Waals surface area (Å²) >= 11 is 0. The van der Waals surface area contributed by atoms with E-state index in [0.29, 0.717) is 6.04 Å². The van der Waals surface area contributed by atoms with Crippen molar-refractivity contribution in [1.82, 2.24) is 4.98 Å². The van der Waals surface area contributed by atoms with Crippen molar-refractivity contribution >= 4 is 17.2 Å². The number of aromatic nitrogens is 1. The highest BCUT2D eigenvalue weighted by Gasteiger charge is 2.27. The molecule has 2 saturated heterocycles. The first-order chi connectivity index (χ1) is 12.7. The van der Waals surface area contributed by atoms with Gasteiger partial charge >= 0.3 is 0 Å². The number of rotatable bonds is 4. The van der Waals surface area contributed by atoms with Crippen LogP contribution in [0, 0.1) is 5.82 Å². The Morgan fingerprint density at radius 1 is 1.04 bits per heavy atom. The van der Waals surface area contributed by atoms with E-state index in [2.05, 4.69) is 38.9 Å². The Kier molecular flexibility index (Phi) is 4.96. The van der Waals surface area contributed by atoms with E-state index in [-0.39, 0.29) is 5.82 Å². The van der Waals surface area contributed by atoms with Crippen molar-refractivity contribution in [3.63, 3.8) is 0 Å². The Labute approximate surface area is 155 Å². The smallest absolute Gasteiger partial charge is 0.130 e. The Morgan fingerprint density at radius 2 is 1.88 bits per heavy atom. The van der Waals surface area contributed by atoms with Crippen LogP contribution in [0.3, 0.4) is 0 Å². The molecule has 5 heteroatoms. The van der Waals surface area contributed by atoms with Gasteiger partial charge in [-0.1, -0.05) is 6.07 Å². The third kappa shape index (κ3) is 3.62. The summed E-state index contributed by atoms with van der Waals surface area (Å²) in [6, 6.07) is 11.6. The van der Waals surface area contributed by atoms with Gasteiger partial charge in [0.2, 0.25) is 0 Å². The van der Waals surface area contributed by atoms with Crippen LogP contribution in [0.15, 0.2) is 42.6 Å². The van der Waals surface area contributed by atoms with Crippen LogP contribution in [-0.4, -0.2) is 44.3 Å². The Balaban J connectivity index is 1.45. The quantitative estimate of drug-likeness (QED) is 0.830. The van der Waals surface area contributed by atoms with Crippen molar-refractivity contribution in [2.75, 3.05) is 47.9 Å². The van der Waals surface area contributed by atoms with E-state index in [0.717, 1.165) is 44.1 Å². The molecule has 0 aliphatic carbocycles. The summed E-state index contributed by atoms with van der Waals surface area (Å²) in [6.07, 6.45) is 6.89. The molecule has 0 N–H and O–H groups in total. The van der Waals surface area contributed by atoms with Crippen molar-refractivity contribution in [2.45, 2.75) is 31.7 Å². The fraction of sp³-hybridized carbons (Fsp3) is 0.476. The molecule has 4 rings (SSSR count). The normalized spacial score (nSPS) is 20.5. The number of piperidine rings is 1. The van der Waals surface area contributed by atoms with E-state index in [1.807, 2.05) is 12.3 Å². The highest BCUT2D eigenvalue weighted by atomic mass is 19.1. The van der Waals surface area contributed by atoms with E-state index < -0.39 is 0 Å². The lowest BCUT2D eigenvalue weighted by Gasteiger charge is -2.30. The van der Waals surface area contributed by atoms with Crippen molar-refractivity contribution in [1.29, 1.82) is 0 Å². The van der Waals surface area contributed by atoms with E-state index >= 15 is 0 Å². The minimum Gasteiger partial charge on any atom is -0.371 e. The molecule has 1 aromatic heterocycles. The third-order valence-electron chi connectivity index (χ3n) is 5.70. The number of hydrogen-bond donors (Lipinski definition) is 0. The van der Waals surface area contributed by atoms with Crippen LogP contribution in [0.25, 0.3) is 0 Å². The maximum atomic E-state index is 13.5. The van der Waals surface area contributed by atoms with Gasteiger partial charge in [0.25, 0.3) is 0 Å². The van der Waals surface area contributed by atoms with Crippen molar-refractivity contribution in [3.8, 4) is 0 Å². The largest absolute Gasteiger partial charge is 0.371 e. The van der Waals surface area contributed by atoms with Gasteiger partial charge in [-0.3, -0.25) is 0 Å². The number of anilines is 3. The molecule has 4 nitrogen and oxygen atoms in total. The second-order valence-corrected chi connectivity index (χ2v) is 7.40. The van der Waals surface area contributed by atoms with Gasteiger partial charge in [-0.25, -0.2) is 9.37 Å². The highest BCUT2D eigenvalue weighted by molar-refractivity contribution is 5.56.